The number of carbonyl (C=O) groups is 1. The molecule has 3 N–H and O–H groups in total. The molecule has 1 saturated heterocycles. The standard InChI is InChI=1S/C12H16N6O.ClH/c19-12(15-11-3-6-14-16-11)10-4-7-18(17-10)9-2-1-5-13-8-9;/h3-4,6-7,9,13H,1-2,5,8H2,(H2,14,15,16,19);1H. The zero-order valence-corrected chi connectivity index (χ0v) is 11.7. The molecule has 3 rings (SSSR count). The van der Waals surface area contributed by atoms with Gasteiger partial charge in [-0.3, -0.25) is 14.6 Å². The number of carbonyl (C=O) groups excluding carboxylic acids is 1. The van der Waals surface area contributed by atoms with Gasteiger partial charge in [-0.15, -0.1) is 12.4 Å². The van der Waals surface area contributed by atoms with Crippen molar-refractivity contribution in [3.8, 4) is 0 Å². The number of halogens is 1. The summed E-state index contributed by atoms with van der Waals surface area (Å²) < 4.78 is 1.87. The highest BCUT2D eigenvalue weighted by Gasteiger charge is 2.17. The van der Waals surface area contributed by atoms with E-state index in [1.54, 1.807) is 18.3 Å². The van der Waals surface area contributed by atoms with Crippen molar-refractivity contribution in [1.82, 2.24) is 25.3 Å². The highest BCUT2D eigenvalue weighted by molar-refractivity contribution is 6.02. The molecule has 1 unspecified atom stereocenters. The lowest BCUT2D eigenvalue weighted by Gasteiger charge is -2.22. The summed E-state index contributed by atoms with van der Waals surface area (Å²) >= 11 is 0. The number of aromatic nitrogens is 4. The van der Waals surface area contributed by atoms with Gasteiger partial charge in [0.25, 0.3) is 5.91 Å². The predicted molar refractivity (Wildman–Crippen MR) is 77.2 cm³/mol. The number of anilines is 1. The molecule has 1 fully saturated rings. The Kier molecular flexibility index (Phi) is 4.75. The quantitative estimate of drug-likeness (QED) is 0.794. The fourth-order valence-electron chi connectivity index (χ4n) is 2.23. The van der Waals surface area contributed by atoms with Crippen LogP contribution in [0.4, 0.5) is 5.82 Å². The molecule has 2 aromatic rings. The molecule has 1 aliphatic heterocycles. The molecule has 0 aliphatic carbocycles. The minimum Gasteiger partial charge on any atom is -0.315 e. The van der Waals surface area contributed by atoms with Crippen LogP contribution >= 0.6 is 12.4 Å². The molecule has 0 radical (unpaired) electrons. The van der Waals surface area contributed by atoms with Crippen LogP contribution in [-0.4, -0.2) is 39.0 Å². The van der Waals surface area contributed by atoms with E-state index in [-0.39, 0.29) is 18.3 Å². The minimum absolute atomic E-state index is 0. The van der Waals surface area contributed by atoms with Gasteiger partial charge in [-0.2, -0.15) is 10.2 Å². The Balaban J connectivity index is 0.00000147. The molecule has 0 spiro atoms. The summed E-state index contributed by atoms with van der Waals surface area (Å²) in [6.07, 6.45) is 5.68. The van der Waals surface area contributed by atoms with E-state index in [4.69, 9.17) is 0 Å². The lowest BCUT2D eigenvalue weighted by atomic mass is 10.1. The van der Waals surface area contributed by atoms with Crippen LogP contribution in [0.25, 0.3) is 0 Å². The predicted octanol–water partition coefficient (Wildman–Crippen LogP) is 1.20. The van der Waals surface area contributed by atoms with E-state index in [1.165, 1.54) is 0 Å². The Morgan fingerprint density at radius 1 is 1.45 bits per heavy atom. The first kappa shape index (κ1) is 14.5. The van der Waals surface area contributed by atoms with Crippen LogP contribution in [0.2, 0.25) is 0 Å². The molecule has 1 amide bonds. The highest BCUT2D eigenvalue weighted by atomic mass is 35.5. The molecule has 2 aromatic heterocycles. The van der Waals surface area contributed by atoms with Gasteiger partial charge in [-0.05, 0) is 25.5 Å². The maximum atomic E-state index is 12.0. The molecule has 0 bridgehead atoms. The van der Waals surface area contributed by atoms with Crippen molar-refractivity contribution in [2.45, 2.75) is 18.9 Å². The van der Waals surface area contributed by atoms with Gasteiger partial charge in [-0.1, -0.05) is 0 Å². The van der Waals surface area contributed by atoms with Gasteiger partial charge in [0.1, 0.15) is 5.82 Å². The monoisotopic (exact) mass is 296 g/mol. The van der Waals surface area contributed by atoms with E-state index in [0.29, 0.717) is 17.6 Å². The third-order valence-corrected chi connectivity index (χ3v) is 3.23. The summed E-state index contributed by atoms with van der Waals surface area (Å²) in [6, 6.07) is 3.77. The zero-order chi connectivity index (χ0) is 13.1. The number of piperidine rings is 1. The summed E-state index contributed by atoms with van der Waals surface area (Å²) in [6.45, 7) is 1.97. The summed E-state index contributed by atoms with van der Waals surface area (Å²) in [5.74, 6) is 0.339. The number of rotatable bonds is 3. The lowest BCUT2D eigenvalue weighted by molar-refractivity contribution is 0.102. The second-order valence-corrected chi connectivity index (χ2v) is 4.61. The molecule has 0 aromatic carbocycles. The summed E-state index contributed by atoms with van der Waals surface area (Å²) in [5, 5.41) is 16.8. The van der Waals surface area contributed by atoms with Crippen molar-refractivity contribution in [2.24, 2.45) is 0 Å². The Bertz CT molecular complexity index is 546. The van der Waals surface area contributed by atoms with Crippen LogP contribution < -0.4 is 10.6 Å². The van der Waals surface area contributed by atoms with Crippen LogP contribution in [0.3, 0.4) is 0 Å². The number of amides is 1. The van der Waals surface area contributed by atoms with Crippen LogP contribution in [0.15, 0.2) is 24.5 Å². The smallest absolute Gasteiger partial charge is 0.277 e. The van der Waals surface area contributed by atoms with Crippen molar-refractivity contribution in [1.29, 1.82) is 0 Å². The van der Waals surface area contributed by atoms with Crippen molar-refractivity contribution in [3.63, 3.8) is 0 Å². The van der Waals surface area contributed by atoms with E-state index in [1.807, 2.05) is 10.9 Å². The SMILES string of the molecule is Cl.O=C(Nc1ccn[nH]1)c1ccn(C2CCCNC2)n1. The van der Waals surface area contributed by atoms with Gasteiger partial charge in [0.15, 0.2) is 5.69 Å². The van der Waals surface area contributed by atoms with E-state index in [2.05, 4.69) is 25.9 Å². The normalized spacial score (nSPS) is 18.3. The number of nitrogens with one attached hydrogen (secondary N) is 3. The summed E-state index contributed by atoms with van der Waals surface area (Å²) in [7, 11) is 0. The third-order valence-electron chi connectivity index (χ3n) is 3.23. The summed E-state index contributed by atoms with van der Waals surface area (Å²) in [4.78, 5) is 12.0. The second kappa shape index (κ2) is 6.53. The molecule has 0 saturated carbocycles. The van der Waals surface area contributed by atoms with Crippen molar-refractivity contribution in [3.05, 3.63) is 30.2 Å². The molecular weight excluding hydrogens is 280 g/mol. The molecule has 8 heteroatoms. The zero-order valence-electron chi connectivity index (χ0n) is 10.9. The van der Waals surface area contributed by atoms with Gasteiger partial charge in [0, 0.05) is 18.8 Å². The fraction of sp³-hybridized carbons (Fsp3) is 0.417. The maximum absolute atomic E-state index is 12.0. The number of hydrogen-bond acceptors (Lipinski definition) is 4. The average molecular weight is 297 g/mol. The molecule has 7 nitrogen and oxygen atoms in total. The van der Waals surface area contributed by atoms with Gasteiger partial charge in [0.05, 0.1) is 12.2 Å². The number of hydrogen-bond donors (Lipinski definition) is 3. The summed E-state index contributed by atoms with van der Waals surface area (Å²) in [5.41, 5.74) is 0.417. The van der Waals surface area contributed by atoms with Gasteiger partial charge in [0.2, 0.25) is 0 Å². The third kappa shape index (κ3) is 3.17. The van der Waals surface area contributed by atoms with Crippen molar-refractivity contribution < 1.29 is 4.79 Å². The second-order valence-electron chi connectivity index (χ2n) is 4.61. The van der Waals surface area contributed by atoms with Crippen molar-refractivity contribution in [2.75, 3.05) is 18.4 Å². The molecule has 1 aliphatic rings. The molecule has 3 heterocycles. The number of H-pyrrole nitrogens is 1. The molecule has 1 atom stereocenters. The first-order valence-corrected chi connectivity index (χ1v) is 6.39. The van der Waals surface area contributed by atoms with Crippen LogP contribution in [0.5, 0.6) is 0 Å². The average Bonchev–Trinajstić information content (AvgIpc) is 3.10. The largest absolute Gasteiger partial charge is 0.315 e. The van der Waals surface area contributed by atoms with Gasteiger partial charge >= 0.3 is 0 Å². The van der Waals surface area contributed by atoms with E-state index >= 15 is 0 Å². The van der Waals surface area contributed by atoms with Crippen LogP contribution in [0, 0.1) is 0 Å². The van der Waals surface area contributed by atoms with Crippen molar-refractivity contribution >= 4 is 24.1 Å². The van der Waals surface area contributed by atoms with E-state index in [0.717, 1.165) is 25.9 Å². The molecule has 108 valence electrons. The maximum Gasteiger partial charge on any atom is 0.277 e. The lowest BCUT2D eigenvalue weighted by Crippen LogP contribution is -2.32. The molecular formula is C12H17ClN6O. The van der Waals surface area contributed by atoms with Crippen LogP contribution in [-0.2, 0) is 0 Å². The molecule has 20 heavy (non-hydrogen) atoms. The Morgan fingerprint density at radius 2 is 2.35 bits per heavy atom. The minimum atomic E-state index is -0.230. The highest BCUT2D eigenvalue weighted by Crippen LogP contribution is 2.16. The Morgan fingerprint density at radius 3 is 3.05 bits per heavy atom. The fourth-order valence-corrected chi connectivity index (χ4v) is 2.23. The topological polar surface area (TPSA) is 87.6 Å². The van der Waals surface area contributed by atoms with Gasteiger partial charge in [-0.25, -0.2) is 0 Å². The number of aromatic amines is 1. The van der Waals surface area contributed by atoms with E-state index in [9.17, 15) is 4.79 Å². The number of nitrogens with zero attached hydrogens (tertiary/aromatic N) is 3. The van der Waals surface area contributed by atoms with E-state index < -0.39 is 0 Å². The Hall–Kier alpha value is -1.86. The first-order valence-electron chi connectivity index (χ1n) is 6.39. The Labute approximate surface area is 122 Å². The van der Waals surface area contributed by atoms with Gasteiger partial charge < -0.3 is 10.6 Å². The van der Waals surface area contributed by atoms with Crippen LogP contribution in [0.1, 0.15) is 29.4 Å². The first-order chi connectivity index (χ1) is 9.33.